The predicted molar refractivity (Wildman–Crippen MR) is 172 cm³/mol. The number of ether oxygens (including phenoxy) is 6. The summed E-state index contributed by atoms with van der Waals surface area (Å²) in [7, 11) is -4.51. The summed E-state index contributed by atoms with van der Waals surface area (Å²) in [5.74, 6) is -0.176. The number of benzene rings is 3. The van der Waals surface area contributed by atoms with Crippen LogP contribution in [0.3, 0.4) is 0 Å². The SMILES string of the molecule is C=COCCOC(=O)COc1ccc(-[s+]2c3ccccc3c(=O)c3cc(OCC(=O)OCCOC=C)ccc32)cc1.CS(=O)(=O)[O-]. The van der Waals surface area contributed by atoms with Crippen LogP contribution in [-0.2, 0) is 38.7 Å². The molecule has 0 amide bonds. The highest BCUT2D eigenvalue weighted by atomic mass is 32.2. The van der Waals surface area contributed by atoms with Crippen molar-refractivity contribution in [3.05, 3.63) is 103 Å². The zero-order chi connectivity index (χ0) is 33.5. The molecule has 12 nitrogen and oxygen atoms in total. The van der Waals surface area contributed by atoms with Crippen molar-refractivity contribution < 1.29 is 51.0 Å². The minimum atomic E-state index is -3.92. The highest BCUT2D eigenvalue weighted by molar-refractivity contribution is 7.84. The third-order valence-electron chi connectivity index (χ3n) is 5.70. The first-order chi connectivity index (χ1) is 22.0. The third-order valence-corrected chi connectivity index (χ3v) is 8.04. The van der Waals surface area contributed by atoms with Crippen molar-refractivity contribution in [3.63, 3.8) is 0 Å². The lowest BCUT2D eigenvalue weighted by Gasteiger charge is -2.09. The molecule has 0 aliphatic heterocycles. The van der Waals surface area contributed by atoms with Crippen molar-refractivity contribution >= 4 is 52.7 Å². The lowest BCUT2D eigenvalue weighted by Crippen LogP contribution is -2.17. The molecule has 0 N–H and O–H groups in total. The fourth-order valence-electron chi connectivity index (χ4n) is 3.92. The zero-order valence-corrected chi connectivity index (χ0v) is 26.5. The molecule has 1 atom stereocenters. The fraction of sp³-hybridized carbons (Fsp3) is 0.219. The lowest BCUT2D eigenvalue weighted by molar-refractivity contribution is -0.147. The minimum Gasteiger partial charge on any atom is -0.748 e. The van der Waals surface area contributed by atoms with Gasteiger partial charge in [-0.25, -0.2) is 18.0 Å². The summed E-state index contributed by atoms with van der Waals surface area (Å²) in [5.41, 5.74) is -0.120. The Morgan fingerprint density at radius 2 is 1.26 bits per heavy atom. The molecule has 0 fully saturated rings. The summed E-state index contributed by atoms with van der Waals surface area (Å²) in [5, 5.41) is 1.10. The van der Waals surface area contributed by atoms with Crippen molar-refractivity contribution in [2.24, 2.45) is 0 Å². The number of rotatable bonds is 15. The Hall–Kier alpha value is -4.92. The number of hydrogen-bond donors (Lipinski definition) is 0. The quantitative estimate of drug-likeness (QED) is 0.0437. The van der Waals surface area contributed by atoms with Crippen LogP contribution < -0.4 is 14.9 Å². The molecule has 46 heavy (non-hydrogen) atoms. The Labute approximate surface area is 268 Å². The highest BCUT2D eigenvalue weighted by Gasteiger charge is 2.23. The predicted octanol–water partition coefficient (Wildman–Crippen LogP) is 4.42. The van der Waals surface area contributed by atoms with Crippen molar-refractivity contribution in [2.45, 2.75) is 0 Å². The first-order valence-electron chi connectivity index (χ1n) is 13.6. The minimum absolute atomic E-state index is 0.0793. The molecule has 1 unspecified atom stereocenters. The van der Waals surface area contributed by atoms with Gasteiger partial charge in [-0.2, -0.15) is 0 Å². The van der Waals surface area contributed by atoms with Gasteiger partial charge in [0.05, 0.1) is 33.4 Å². The van der Waals surface area contributed by atoms with Crippen molar-refractivity contribution in [3.8, 4) is 16.4 Å². The molecule has 1 aromatic heterocycles. The van der Waals surface area contributed by atoms with Crippen LogP contribution in [0.25, 0.3) is 25.1 Å². The summed E-state index contributed by atoms with van der Waals surface area (Å²) in [6.07, 6.45) is 3.15. The van der Waals surface area contributed by atoms with Gasteiger partial charge in [-0.1, -0.05) is 25.3 Å². The van der Waals surface area contributed by atoms with Crippen LogP contribution in [0.4, 0.5) is 0 Å². The maximum Gasteiger partial charge on any atom is 0.344 e. The van der Waals surface area contributed by atoms with Crippen molar-refractivity contribution in [1.29, 1.82) is 0 Å². The maximum absolute atomic E-state index is 13.5. The molecule has 1 heterocycles. The largest absolute Gasteiger partial charge is 0.748 e. The van der Waals surface area contributed by atoms with Crippen LogP contribution in [-0.4, -0.2) is 70.8 Å². The van der Waals surface area contributed by atoms with Gasteiger partial charge in [0, 0.05) is 34.9 Å². The van der Waals surface area contributed by atoms with Crippen LogP contribution in [0.15, 0.2) is 97.2 Å². The Morgan fingerprint density at radius 3 is 1.83 bits per heavy atom. The van der Waals surface area contributed by atoms with Gasteiger partial charge in [-0.3, -0.25) is 4.79 Å². The molecule has 0 saturated heterocycles. The molecule has 0 radical (unpaired) electrons. The molecular formula is C32H32O12S2. The second-order valence-corrected chi connectivity index (χ2v) is 12.4. The van der Waals surface area contributed by atoms with Crippen LogP contribution in [0.2, 0.25) is 0 Å². The molecule has 14 heteroatoms. The summed E-state index contributed by atoms with van der Waals surface area (Å²) >= 11 is 0. The Morgan fingerprint density at radius 1 is 0.761 bits per heavy atom. The summed E-state index contributed by atoms with van der Waals surface area (Å²) in [6, 6.07) is 20.1. The molecule has 0 saturated carbocycles. The summed E-state index contributed by atoms with van der Waals surface area (Å²) in [6.45, 7) is 6.92. The van der Waals surface area contributed by atoms with E-state index in [9.17, 15) is 14.4 Å². The third kappa shape index (κ3) is 11.2. The van der Waals surface area contributed by atoms with E-state index in [-0.39, 0.29) is 45.1 Å². The van der Waals surface area contributed by atoms with Crippen molar-refractivity contribution in [1.82, 2.24) is 0 Å². The van der Waals surface area contributed by atoms with Gasteiger partial charge in [-0.15, -0.1) is 0 Å². The number of hydrogen-bond acceptors (Lipinski definition) is 12. The normalized spacial score (nSPS) is 11.0. The van der Waals surface area contributed by atoms with Gasteiger partial charge >= 0.3 is 11.9 Å². The molecule has 0 bridgehead atoms. The molecular weight excluding hydrogens is 640 g/mol. The van der Waals surface area contributed by atoms with Gasteiger partial charge in [0.15, 0.2) is 27.5 Å². The molecule has 4 rings (SSSR count). The van der Waals surface area contributed by atoms with E-state index in [1.165, 1.54) is 12.5 Å². The lowest BCUT2D eigenvalue weighted by atomic mass is 10.2. The number of fused-ring (bicyclic) bond motifs is 2. The Kier molecular flexibility index (Phi) is 13.6. The molecule has 244 valence electrons. The van der Waals surface area contributed by atoms with E-state index < -0.39 is 32.5 Å². The van der Waals surface area contributed by atoms with Gasteiger partial charge < -0.3 is 33.0 Å². The molecule has 4 aromatic rings. The van der Waals surface area contributed by atoms with Crippen LogP contribution in [0.1, 0.15) is 0 Å². The number of carbonyl (C=O) groups excluding carboxylic acids is 2. The van der Waals surface area contributed by atoms with Gasteiger partial charge in [-0.05, 0) is 36.4 Å². The Balaban J connectivity index is 0.00000107. The van der Waals surface area contributed by atoms with Gasteiger partial charge in [0.1, 0.15) is 37.9 Å². The van der Waals surface area contributed by atoms with E-state index in [0.29, 0.717) is 28.5 Å². The molecule has 3 aromatic carbocycles. The number of carbonyl (C=O) groups is 2. The summed E-state index contributed by atoms with van der Waals surface area (Å²) < 4.78 is 60.1. The van der Waals surface area contributed by atoms with Gasteiger partial charge in [0.25, 0.3) is 0 Å². The maximum atomic E-state index is 13.5. The van der Waals surface area contributed by atoms with Crippen LogP contribution in [0.5, 0.6) is 11.5 Å². The molecule has 0 aliphatic carbocycles. The molecule has 0 spiro atoms. The zero-order valence-electron chi connectivity index (χ0n) is 24.9. The number of esters is 2. The van der Waals surface area contributed by atoms with E-state index in [1.807, 2.05) is 36.4 Å². The van der Waals surface area contributed by atoms with E-state index in [0.717, 1.165) is 14.3 Å². The van der Waals surface area contributed by atoms with Crippen LogP contribution >= 0.6 is 10.5 Å². The van der Waals surface area contributed by atoms with E-state index >= 15 is 0 Å². The van der Waals surface area contributed by atoms with Gasteiger partial charge in [0.2, 0.25) is 5.43 Å². The van der Waals surface area contributed by atoms with Crippen LogP contribution in [0, 0.1) is 0 Å². The standard InChI is InChI=1S/C31H29O9S.CH4O3S/c1-3-35-15-17-37-29(32)20-39-22-9-12-24(13-10-22)41-27-8-6-5-7-25(27)31(34)26-19-23(11-14-28(26)41)40-21-30(33)38-18-16-36-4-2;1-5(2,3)4/h3-14,19H,1-2,15-18,20-21H2;1H3,(H,2,3,4)/q+1;/p-1. The average Bonchev–Trinajstić information content (AvgIpc) is 3.03. The van der Waals surface area contributed by atoms with Crippen molar-refractivity contribution in [2.75, 3.05) is 45.9 Å². The average molecular weight is 673 g/mol. The van der Waals surface area contributed by atoms with E-state index in [2.05, 4.69) is 13.2 Å². The smallest absolute Gasteiger partial charge is 0.344 e. The second kappa shape index (κ2) is 17.5. The highest BCUT2D eigenvalue weighted by Crippen LogP contribution is 2.44. The molecule has 0 aliphatic rings. The first kappa shape index (κ1) is 35.6. The monoisotopic (exact) mass is 672 g/mol. The van der Waals surface area contributed by atoms with E-state index in [4.69, 9.17) is 41.4 Å². The first-order valence-corrected chi connectivity index (χ1v) is 16.6. The Bertz CT molecular complexity index is 1820. The van der Waals surface area contributed by atoms with E-state index in [1.54, 1.807) is 30.3 Å². The summed E-state index contributed by atoms with van der Waals surface area (Å²) in [4.78, 5) is 38.3. The topological polar surface area (TPSA) is 164 Å². The fourth-order valence-corrected chi connectivity index (χ4v) is 6.24. The second-order valence-electron chi connectivity index (χ2n) is 9.06.